The third kappa shape index (κ3) is 8.91. The highest BCUT2D eigenvalue weighted by molar-refractivity contribution is 8.09. The Kier molecular flexibility index (Phi) is 12.0. The van der Waals surface area contributed by atoms with Crippen LogP contribution in [0.15, 0.2) is 49.2 Å². The Morgan fingerprint density at radius 3 is 2.57 bits per heavy atom. The first-order chi connectivity index (χ1) is 17.9. The van der Waals surface area contributed by atoms with Gasteiger partial charge in [0.05, 0.1) is 21.7 Å². The maximum atomic E-state index is 5.02. The second-order valence-electron chi connectivity index (χ2n) is 10.9. The van der Waals surface area contributed by atoms with Gasteiger partial charge in [-0.2, -0.15) is 0 Å². The summed E-state index contributed by atoms with van der Waals surface area (Å²) in [5.41, 5.74) is 4.80. The first-order valence-corrected chi connectivity index (χ1v) is 15.2. The summed E-state index contributed by atoms with van der Waals surface area (Å²) in [4.78, 5) is 10.9. The lowest BCUT2D eigenvalue weighted by molar-refractivity contribution is 0.376. The largest absolute Gasteiger partial charge is 0.371 e. The quantitative estimate of drug-likeness (QED) is 0.306. The average molecular weight is 521 g/mol. The minimum absolute atomic E-state index is 0.383. The molecule has 1 aromatic carbocycles. The Labute approximate surface area is 230 Å². The van der Waals surface area contributed by atoms with Crippen molar-refractivity contribution in [1.82, 2.24) is 15.3 Å². The molecule has 5 heteroatoms. The van der Waals surface area contributed by atoms with Crippen molar-refractivity contribution in [2.75, 3.05) is 5.32 Å². The number of hydrogen-bond donors (Lipinski definition) is 2. The summed E-state index contributed by atoms with van der Waals surface area (Å²) < 4.78 is 0. The van der Waals surface area contributed by atoms with Gasteiger partial charge in [-0.3, -0.25) is 0 Å². The van der Waals surface area contributed by atoms with Crippen molar-refractivity contribution >= 4 is 28.3 Å². The minimum atomic E-state index is 0.383. The van der Waals surface area contributed by atoms with Crippen LogP contribution in [0.3, 0.4) is 0 Å². The van der Waals surface area contributed by atoms with Crippen LogP contribution in [0.1, 0.15) is 102 Å². The molecule has 4 rings (SSSR count). The number of aryl methyl sites for hydroxylation is 1. The van der Waals surface area contributed by atoms with Gasteiger partial charge in [0.2, 0.25) is 5.95 Å². The monoisotopic (exact) mass is 520 g/mol. The average Bonchev–Trinajstić information content (AvgIpc) is 3.33. The second kappa shape index (κ2) is 15.2. The fraction of sp³-hybridized carbons (Fsp3) is 0.562. The molecule has 1 saturated carbocycles. The van der Waals surface area contributed by atoms with Gasteiger partial charge in [0.15, 0.2) is 0 Å². The predicted molar refractivity (Wildman–Crippen MR) is 163 cm³/mol. The lowest BCUT2D eigenvalue weighted by Gasteiger charge is -2.25. The summed E-state index contributed by atoms with van der Waals surface area (Å²) in [6.07, 6.45) is 15.1. The van der Waals surface area contributed by atoms with Gasteiger partial charge in [0.25, 0.3) is 0 Å². The van der Waals surface area contributed by atoms with E-state index in [0.717, 1.165) is 17.6 Å². The zero-order valence-corrected chi connectivity index (χ0v) is 24.5. The van der Waals surface area contributed by atoms with Crippen LogP contribution >= 0.6 is 11.8 Å². The number of anilines is 1. The van der Waals surface area contributed by atoms with Crippen LogP contribution in [0.5, 0.6) is 0 Å². The van der Waals surface area contributed by atoms with Crippen LogP contribution in [0.2, 0.25) is 0 Å². The third-order valence-corrected chi connectivity index (χ3v) is 8.50. The van der Waals surface area contributed by atoms with Crippen molar-refractivity contribution < 1.29 is 0 Å². The van der Waals surface area contributed by atoms with Crippen molar-refractivity contribution in [3.8, 4) is 0 Å². The number of thioether (sulfide) groups is 1. The molecule has 0 spiro atoms. The van der Waals surface area contributed by atoms with Crippen LogP contribution in [0, 0.1) is 18.8 Å². The van der Waals surface area contributed by atoms with Gasteiger partial charge in [-0.25, -0.2) is 9.97 Å². The normalized spacial score (nSPS) is 18.7. The number of hydrogen-bond acceptors (Lipinski definition) is 5. The van der Waals surface area contributed by atoms with Crippen LogP contribution in [-0.2, 0) is 0 Å². The molecule has 37 heavy (non-hydrogen) atoms. The summed E-state index contributed by atoms with van der Waals surface area (Å²) in [5.74, 6) is 2.16. The van der Waals surface area contributed by atoms with E-state index < -0.39 is 0 Å². The molecule has 0 radical (unpaired) electrons. The Hall–Kier alpha value is -2.27. The molecule has 2 aromatic rings. The zero-order valence-electron chi connectivity index (χ0n) is 23.7. The Balaban J connectivity index is 0.00000121. The third-order valence-electron chi connectivity index (χ3n) is 7.09. The Morgan fingerprint density at radius 1 is 1.14 bits per heavy atom. The van der Waals surface area contributed by atoms with Crippen molar-refractivity contribution in [3.63, 3.8) is 0 Å². The lowest BCUT2D eigenvalue weighted by atomic mass is 9.93. The fourth-order valence-corrected chi connectivity index (χ4v) is 6.61. The lowest BCUT2D eigenvalue weighted by Crippen LogP contribution is -2.29. The van der Waals surface area contributed by atoms with E-state index in [2.05, 4.69) is 80.2 Å². The molecule has 1 aliphatic heterocycles. The maximum Gasteiger partial charge on any atom is 0.223 e. The molecule has 2 N–H and O–H groups in total. The van der Waals surface area contributed by atoms with E-state index in [1.165, 1.54) is 79.5 Å². The standard InChI is InChI=1S/C29H42N4S.C3H6/c1-5-10-22(16-15-20(2)3)28-33-26(23-12-9-11-21(4)19-23)27(34-28)25-17-18-30-29(32-25)31-24-13-7-6-8-14-24;1-3-2/h9,11-12,17-20,22,24,28,33H,5-8,10,13-16H2,1-4H3,(H,30,31,32);3H,1H2,2H3. The molecule has 0 amide bonds. The van der Waals surface area contributed by atoms with Gasteiger partial charge in [0.1, 0.15) is 0 Å². The highest BCUT2D eigenvalue weighted by Crippen LogP contribution is 2.45. The molecule has 2 atom stereocenters. The molecule has 1 aliphatic carbocycles. The molecule has 2 aliphatic rings. The van der Waals surface area contributed by atoms with Crippen molar-refractivity contribution in [2.24, 2.45) is 11.8 Å². The summed E-state index contributed by atoms with van der Waals surface area (Å²) in [6, 6.07) is 11.4. The second-order valence-corrected chi connectivity index (χ2v) is 12.1. The Bertz CT molecular complexity index is 1010. The molecule has 0 bridgehead atoms. The van der Waals surface area contributed by atoms with Gasteiger partial charge in [-0.1, -0.05) is 94.5 Å². The molecular formula is C32H48N4S. The number of rotatable bonds is 10. The van der Waals surface area contributed by atoms with Gasteiger partial charge in [-0.15, -0.1) is 6.58 Å². The van der Waals surface area contributed by atoms with E-state index >= 15 is 0 Å². The van der Waals surface area contributed by atoms with E-state index in [1.54, 1.807) is 6.08 Å². The Morgan fingerprint density at radius 2 is 1.89 bits per heavy atom. The van der Waals surface area contributed by atoms with Crippen LogP contribution < -0.4 is 10.6 Å². The smallest absolute Gasteiger partial charge is 0.223 e. The first kappa shape index (κ1) is 29.3. The maximum absolute atomic E-state index is 5.02. The van der Waals surface area contributed by atoms with Crippen LogP contribution in [0.4, 0.5) is 5.95 Å². The van der Waals surface area contributed by atoms with Gasteiger partial charge >= 0.3 is 0 Å². The van der Waals surface area contributed by atoms with E-state index in [9.17, 15) is 0 Å². The van der Waals surface area contributed by atoms with E-state index in [4.69, 9.17) is 4.98 Å². The number of aromatic nitrogens is 2. The van der Waals surface area contributed by atoms with Crippen molar-refractivity contribution in [3.05, 3.63) is 66.0 Å². The highest BCUT2D eigenvalue weighted by Gasteiger charge is 2.32. The highest BCUT2D eigenvalue weighted by atomic mass is 32.2. The summed E-state index contributed by atoms with van der Waals surface area (Å²) in [5, 5.41) is 7.96. The van der Waals surface area contributed by atoms with Gasteiger partial charge in [-0.05, 0) is 69.1 Å². The van der Waals surface area contributed by atoms with E-state index in [1.807, 2.05) is 24.9 Å². The predicted octanol–water partition coefficient (Wildman–Crippen LogP) is 9.06. The fourth-order valence-electron chi connectivity index (χ4n) is 5.19. The zero-order chi connectivity index (χ0) is 26.6. The first-order valence-electron chi connectivity index (χ1n) is 14.4. The SMILES string of the molecule is C=CC.CCCC(CCC(C)C)C1NC(c2cccc(C)c2)=C(c2ccnc(NC3CCCCC3)n2)S1. The molecule has 2 unspecified atom stereocenters. The van der Waals surface area contributed by atoms with Gasteiger partial charge < -0.3 is 10.6 Å². The van der Waals surface area contributed by atoms with Gasteiger partial charge in [0, 0.05) is 12.2 Å². The summed E-state index contributed by atoms with van der Waals surface area (Å²) in [7, 11) is 0. The van der Waals surface area contributed by atoms with E-state index in [-0.39, 0.29) is 0 Å². The number of nitrogens with zero attached hydrogens (tertiary/aromatic N) is 2. The summed E-state index contributed by atoms with van der Waals surface area (Å²) >= 11 is 1.98. The van der Waals surface area contributed by atoms with Crippen LogP contribution in [0.25, 0.3) is 10.6 Å². The van der Waals surface area contributed by atoms with Crippen molar-refractivity contribution in [1.29, 1.82) is 0 Å². The molecule has 0 saturated heterocycles. The molecular weight excluding hydrogens is 472 g/mol. The van der Waals surface area contributed by atoms with Crippen molar-refractivity contribution in [2.45, 2.75) is 104 Å². The molecule has 202 valence electrons. The molecule has 1 aromatic heterocycles. The molecule has 4 nitrogen and oxygen atoms in total. The number of benzene rings is 1. The molecule has 2 heterocycles. The topological polar surface area (TPSA) is 49.8 Å². The summed E-state index contributed by atoms with van der Waals surface area (Å²) in [6.45, 7) is 14.4. The van der Waals surface area contributed by atoms with Crippen LogP contribution in [-0.4, -0.2) is 21.4 Å². The minimum Gasteiger partial charge on any atom is -0.371 e. The number of nitrogens with one attached hydrogen (secondary N) is 2. The number of allylic oxidation sites excluding steroid dienone is 1. The van der Waals surface area contributed by atoms with E-state index in [0.29, 0.717) is 17.3 Å². The molecule has 1 fully saturated rings.